The molecule has 0 amide bonds. The summed E-state index contributed by atoms with van der Waals surface area (Å²) in [5, 5.41) is 0. The van der Waals surface area contributed by atoms with Gasteiger partial charge in [-0.3, -0.25) is 4.39 Å². The van der Waals surface area contributed by atoms with Gasteiger partial charge in [-0.25, -0.2) is 8.78 Å². The minimum atomic E-state index is -3.75. The molecule has 2 aromatic rings. The van der Waals surface area contributed by atoms with Crippen molar-refractivity contribution in [1.29, 1.82) is 0 Å². The number of aryl methyl sites for hydroxylation is 1. The number of halogens is 6. The smallest absolute Gasteiger partial charge is 0.251 e. The molecule has 2 aliphatic carbocycles. The van der Waals surface area contributed by atoms with Crippen molar-refractivity contribution in [3.05, 3.63) is 59.2 Å². The minimum Gasteiger partial charge on any atom is -0.251 e. The van der Waals surface area contributed by atoms with E-state index in [4.69, 9.17) is 0 Å². The van der Waals surface area contributed by atoms with Crippen molar-refractivity contribution in [2.45, 2.75) is 75.5 Å². The third-order valence-electron chi connectivity index (χ3n) is 8.42. The van der Waals surface area contributed by atoms with Gasteiger partial charge in [-0.15, -0.1) is 0 Å². The fraction of sp³-hybridized carbons (Fsp3) is 0.586. The van der Waals surface area contributed by atoms with Gasteiger partial charge in [0.25, 0.3) is 0 Å². The van der Waals surface area contributed by atoms with Gasteiger partial charge in [0.05, 0.1) is 6.67 Å². The summed E-state index contributed by atoms with van der Waals surface area (Å²) in [6.45, 7) is -0.174. The van der Waals surface area contributed by atoms with Gasteiger partial charge in [0.15, 0.2) is 0 Å². The Hall–Kier alpha value is -1.43. The average Bonchev–Trinajstić information content (AvgIpc) is 2.83. The first-order valence-corrected chi connectivity index (χ1v) is 13.8. The van der Waals surface area contributed by atoms with Crippen molar-refractivity contribution in [2.75, 3.05) is 6.67 Å². The molecule has 2 saturated carbocycles. The van der Waals surface area contributed by atoms with Crippen molar-refractivity contribution in [3.8, 4) is 11.1 Å². The average molecular weight is 557 g/mol. The molecule has 0 bridgehead atoms. The van der Waals surface area contributed by atoms with Crippen molar-refractivity contribution in [3.63, 3.8) is 0 Å². The number of hydrogen-bond donors (Lipinski definition) is 0. The normalized spacial score (nSPS) is 25.5. The highest BCUT2D eigenvalue weighted by molar-refractivity contribution is 9.09. The summed E-state index contributed by atoms with van der Waals surface area (Å²) in [4.78, 5) is -3.75. The summed E-state index contributed by atoms with van der Waals surface area (Å²) >= 11 is 2.03. The minimum absolute atomic E-state index is 0.174. The van der Waals surface area contributed by atoms with Gasteiger partial charge in [0.1, 0.15) is 17.2 Å². The fourth-order valence-corrected chi connectivity index (χ4v) is 6.67. The lowest BCUT2D eigenvalue weighted by molar-refractivity contribution is 0.105. The van der Waals surface area contributed by atoms with Crippen molar-refractivity contribution in [1.82, 2.24) is 0 Å². The first kappa shape index (κ1) is 26.6. The van der Waals surface area contributed by atoms with Crippen LogP contribution in [-0.4, -0.2) is 6.67 Å². The van der Waals surface area contributed by atoms with Gasteiger partial charge in [-0.2, -0.15) is 8.78 Å². The molecule has 2 aromatic carbocycles. The lowest BCUT2D eigenvalue weighted by atomic mass is 9.68. The van der Waals surface area contributed by atoms with Gasteiger partial charge in [-0.05, 0) is 113 Å². The van der Waals surface area contributed by atoms with E-state index in [1.807, 2.05) is 28.1 Å². The Morgan fingerprint density at radius 1 is 0.714 bits per heavy atom. The predicted octanol–water partition coefficient (Wildman–Crippen LogP) is 9.98. The molecule has 2 fully saturated rings. The highest BCUT2D eigenvalue weighted by Crippen LogP contribution is 2.43. The van der Waals surface area contributed by atoms with Gasteiger partial charge in [0, 0.05) is 0 Å². The van der Waals surface area contributed by atoms with Crippen LogP contribution in [0.5, 0.6) is 0 Å². The standard InChI is InChI=1S/C29H34BrF5/c30-29(34,35)28-26(32)17-25(18-27(28)33)24-13-5-20(6-14-24)2-1-19-3-9-22(10-4-19)23-11-7-21(8-12-23)15-16-31/h5-6,13-14,17-19,21-23H,1-4,7-12,15-16H2. The van der Waals surface area contributed by atoms with Crippen LogP contribution >= 0.6 is 15.9 Å². The zero-order chi connectivity index (χ0) is 25.0. The first-order chi connectivity index (χ1) is 16.7. The molecule has 0 radical (unpaired) electrons. The molecule has 0 atom stereocenters. The Morgan fingerprint density at radius 2 is 1.20 bits per heavy atom. The van der Waals surface area contributed by atoms with E-state index >= 15 is 0 Å². The van der Waals surface area contributed by atoms with Crippen LogP contribution < -0.4 is 0 Å². The Balaban J connectivity index is 1.25. The maximum atomic E-state index is 14.1. The molecule has 0 saturated heterocycles. The van der Waals surface area contributed by atoms with Crippen LogP contribution in [0.2, 0.25) is 0 Å². The highest BCUT2D eigenvalue weighted by atomic mass is 79.9. The largest absolute Gasteiger partial charge is 0.332 e. The van der Waals surface area contributed by atoms with Gasteiger partial charge < -0.3 is 0 Å². The third kappa shape index (κ3) is 6.87. The molecule has 4 rings (SSSR count). The van der Waals surface area contributed by atoms with Crippen LogP contribution in [0.25, 0.3) is 11.1 Å². The summed E-state index contributed by atoms with van der Waals surface area (Å²) in [6.07, 6.45) is 13.0. The molecule has 0 unspecified atom stereocenters. The summed E-state index contributed by atoms with van der Waals surface area (Å²) < 4.78 is 67.6. The summed E-state index contributed by atoms with van der Waals surface area (Å²) in [5.41, 5.74) is 0.741. The summed E-state index contributed by atoms with van der Waals surface area (Å²) in [7, 11) is 0. The lowest BCUT2D eigenvalue weighted by Crippen LogP contribution is -2.26. The van der Waals surface area contributed by atoms with Gasteiger partial charge in [0.2, 0.25) is 0 Å². The van der Waals surface area contributed by atoms with E-state index in [-0.39, 0.29) is 12.2 Å². The quantitative estimate of drug-likeness (QED) is 0.224. The molecule has 0 nitrogen and oxygen atoms in total. The topological polar surface area (TPSA) is 0 Å². The molecule has 0 aromatic heterocycles. The van der Waals surface area contributed by atoms with E-state index in [2.05, 4.69) is 0 Å². The zero-order valence-electron chi connectivity index (χ0n) is 20.0. The second kappa shape index (κ2) is 11.7. The zero-order valence-corrected chi connectivity index (χ0v) is 21.6. The molecular formula is C29H34BrF5. The van der Waals surface area contributed by atoms with Crippen LogP contribution in [0.1, 0.15) is 75.3 Å². The lowest BCUT2D eigenvalue weighted by Gasteiger charge is -2.37. The third-order valence-corrected chi connectivity index (χ3v) is 8.82. The molecule has 6 heteroatoms. The SMILES string of the molecule is FCCC1CCC(C2CCC(CCc3ccc(-c4cc(F)c(C(F)(F)Br)c(F)c4)cc3)CC2)CC1. The van der Waals surface area contributed by atoms with Crippen LogP contribution in [0, 0.1) is 35.3 Å². The Bertz CT molecular complexity index is 929. The number of hydrogen-bond acceptors (Lipinski definition) is 0. The second-order valence-electron chi connectivity index (χ2n) is 10.6. The maximum absolute atomic E-state index is 14.1. The van der Waals surface area contributed by atoms with Crippen molar-refractivity contribution in [2.24, 2.45) is 23.7 Å². The van der Waals surface area contributed by atoms with Crippen molar-refractivity contribution >= 4 is 15.9 Å². The molecule has 0 heterocycles. The molecule has 35 heavy (non-hydrogen) atoms. The molecular weight excluding hydrogens is 523 g/mol. The monoisotopic (exact) mass is 556 g/mol. The fourth-order valence-electron chi connectivity index (χ4n) is 6.30. The van der Waals surface area contributed by atoms with E-state index in [1.165, 1.54) is 56.9 Å². The summed E-state index contributed by atoms with van der Waals surface area (Å²) in [5.74, 6) is 0.479. The van der Waals surface area contributed by atoms with E-state index in [0.717, 1.165) is 49.1 Å². The number of alkyl halides is 4. The van der Waals surface area contributed by atoms with E-state index in [0.29, 0.717) is 11.5 Å². The van der Waals surface area contributed by atoms with Crippen LogP contribution in [-0.2, 0) is 11.3 Å². The maximum Gasteiger partial charge on any atom is 0.332 e. The van der Waals surface area contributed by atoms with Gasteiger partial charge >= 0.3 is 4.83 Å². The van der Waals surface area contributed by atoms with Crippen LogP contribution in [0.15, 0.2) is 36.4 Å². The van der Waals surface area contributed by atoms with E-state index in [1.54, 1.807) is 12.1 Å². The Morgan fingerprint density at radius 3 is 1.66 bits per heavy atom. The second-order valence-corrected chi connectivity index (χ2v) is 11.6. The highest BCUT2D eigenvalue weighted by Gasteiger charge is 2.35. The number of benzene rings is 2. The first-order valence-electron chi connectivity index (χ1n) is 13.0. The summed E-state index contributed by atoms with van der Waals surface area (Å²) in [6, 6.07) is 9.42. The van der Waals surface area contributed by atoms with E-state index < -0.39 is 22.0 Å². The van der Waals surface area contributed by atoms with E-state index in [9.17, 15) is 22.0 Å². The molecule has 0 N–H and O–H groups in total. The molecule has 192 valence electrons. The molecule has 2 aliphatic rings. The number of rotatable bonds is 8. The molecule has 0 spiro atoms. The Labute approximate surface area is 213 Å². The van der Waals surface area contributed by atoms with Crippen LogP contribution in [0.3, 0.4) is 0 Å². The molecule has 0 aliphatic heterocycles. The van der Waals surface area contributed by atoms with Gasteiger partial charge in [-0.1, -0.05) is 49.9 Å². The predicted molar refractivity (Wildman–Crippen MR) is 134 cm³/mol. The van der Waals surface area contributed by atoms with Crippen molar-refractivity contribution < 1.29 is 22.0 Å². The van der Waals surface area contributed by atoms with Crippen LogP contribution in [0.4, 0.5) is 22.0 Å². The Kier molecular flexibility index (Phi) is 8.94.